The van der Waals surface area contributed by atoms with Crippen molar-refractivity contribution in [2.45, 2.75) is 58.8 Å². The second kappa shape index (κ2) is 7.84. The van der Waals surface area contributed by atoms with E-state index < -0.39 is 29.7 Å². The molecule has 0 radical (unpaired) electrons. The number of ketones is 1. The fraction of sp³-hybridized carbons (Fsp3) is 0.769. The highest BCUT2D eigenvalue weighted by Gasteiger charge is 2.22. The van der Waals surface area contributed by atoms with Crippen LogP contribution in [0.5, 0.6) is 0 Å². The lowest BCUT2D eigenvalue weighted by atomic mass is 10.1. The molecule has 7 nitrogen and oxygen atoms in total. The molecule has 0 saturated heterocycles. The van der Waals surface area contributed by atoms with Gasteiger partial charge in [0, 0.05) is 13.0 Å². The summed E-state index contributed by atoms with van der Waals surface area (Å²) in [6, 6.07) is -0.927. The van der Waals surface area contributed by atoms with Gasteiger partial charge >= 0.3 is 6.09 Å². The highest BCUT2D eigenvalue weighted by Crippen LogP contribution is 2.06. The molecule has 2 amide bonds. The molecular weight excluding hydrogens is 264 g/mol. The first-order chi connectivity index (χ1) is 9.03. The molecule has 0 aromatic rings. The van der Waals surface area contributed by atoms with Crippen molar-refractivity contribution in [2.24, 2.45) is 0 Å². The van der Waals surface area contributed by atoms with E-state index in [-0.39, 0.29) is 18.7 Å². The van der Waals surface area contributed by atoms with Crippen LogP contribution in [0.4, 0.5) is 4.79 Å². The van der Waals surface area contributed by atoms with Crippen molar-refractivity contribution < 1.29 is 24.2 Å². The maximum atomic E-state index is 11.6. The van der Waals surface area contributed by atoms with Crippen LogP contribution in [0.25, 0.3) is 0 Å². The summed E-state index contributed by atoms with van der Waals surface area (Å²) in [5.74, 6) is -0.754. The molecule has 0 aliphatic carbocycles. The third-order valence-corrected chi connectivity index (χ3v) is 2.26. The number of rotatable bonds is 6. The van der Waals surface area contributed by atoms with Gasteiger partial charge in [0.25, 0.3) is 0 Å². The fourth-order valence-corrected chi connectivity index (χ4v) is 1.40. The zero-order valence-electron chi connectivity index (χ0n) is 12.6. The van der Waals surface area contributed by atoms with Gasteiger partial charge in [-0.25, -0.2) is 4.79 Å². The fourth-order valence-electron chi connectivity index (χ4n) is 1.40. The summed E-state index contributed by atoms with van der Waals surface area (Å²) in [7, 11) is 0. The quantitative estimate of drug-likeness (QED) is 0.654. The SMILES string of the molecule is CC(=O)C(NC(=O)CCNC(=O)OC(C)(C)C)[C@@H](C)O. The largest absolute Gasteiger partial charge is 0.444 e. The average Bonchev–Trinajstić information content (AvgIpc) is 2.22. The number of aliphatic hydroxyl groups is 1. The highest BCUT2D eigenvalue weighted by molar-refractivity contribution is 5.88. The van der Waals surface area contributed by atoms with Crippen molar-refractivity contribution in [2.75, 3.05) is 6.54 Å². The van der Waals surface area contributed by atoms with Gasteiger partial charge in [0.05, 0.1) is 6.10 Å². The molecule has 0 heterocycles. The average molecular weight is 288 g/mol. The van der Waals surface area contributed by atoms with Crippen molar-refractivity contribution in [3.05, 3.63) is 0 Å². The highest BCUT2D eigenvalue weighted by atomic mass is 16.6. The van der Waals surface area contributed by atoms with Crippen LogP contribution in [0, 0.1) is 0 Å². The van der Waals surface area contributed by atoms with E-state index in [0.717, 1.165) is 0 Å². The molecule has 7 heteroatoms. The van der Waals surface area contributed by atoms with Crippen LogP contribution in [0.2, 0.25) is 0 Å². The second-order valence-electron chi connectivity index (χ2n) is 5.58. The molecule has 20 heavy (non-hydrogen) atoms. The molecule has 0 aliphatic rings. The Hall–Kier alpha value is -1.63. The summed E-state index contributed by atoms with van der Waals surface area (Å²) in [6.45, 7) is 8.01. The zero-order valence-corrected chi connectivity index (χ0v) is 12.6. The van der Waals surface area contributed by atoms with Gasteiger partial charge in [-0.2, -0.15) is 0 Å². The number of nitrogens with one attached hydrogen (secondary N) is 2. The molecule has 0 saturated carbocycles. The lowest BCUT2D eigenvalue weighted by Gasteiger charge is -2.20. The maximum Gasteiger partial charge on any atom is 0.407 e. The van der Waals surface area contributed by atoms with Gasteiger partial charge in [0.15, 0.2) is 5.78 Å². The molecule has 0 bridgehead atoms. The first-order valence-electron chi connectivity index (χ1n) is 6.47. The third-order valence-electron chi connectivity index (χ3n) is 2.26. The Balaban J connectivity index is 4.06. The van der Waals surface area contributed by atoms with Gasteiger partial charge in [-0.05, 0) is 34.6 Å². The first-order valence-corrected chi connectivity index (χ1v) is 6.47. The smallest absolute Gasteiger partial charge is 0.407 e. The Kier molecular flexibility index (Phi) is 7.20. The number of alkyl carbamates (subject to hydrolysis) is 1. The number of amides is 2. The molecule has 0 spiro atoms. The summed E-state index contributed by atoms with van der Waals surface area (Å²) >= 11 is 0. The second-order valence-corrected chi connectivity index (χ2v) is 5.58. The molecule has 0 rings (SSSR count). The van der Waals surface area contributed by atoms with Crippen LogP contribution in [0.1, 0.15) is 41.0 Å². The number of aliphatic hydroxyl groups excluding tert-OH is 1. The Bertz CT molecular complexity index is 360. The van der Waals surface area contributed by atoms with E-state index in [2.05, 4.69) is 10.6 Å². The van der Waals surface area contributed by atoms with Crippen molar-refractivity contribution >= 4 is 17.8 Å². The van der Waals surface area contributed by atoms with Gasteiger partial charge in [0.2, 0.25) is 5.91 Å². The minimum atomic E-state index is -0.963. The maximum absolute atomic E-state index is 11.6. The lowest BCUT2D eigenvalue weighted by molar-refractivity contribution is -0.129. The summed E-state index contributed by atoms with van der Waals surface area (Å²) in [4.78, 5) is 34.1. The summed E-state index contributed by atoms with van der Waals surface area (Å²) < 4.78 is 5.00. The number of hydrogen-bond donors (Lipinski definition) is 3. The molecular formula is C13H24N2O5. The standard InChI is InChI=1S/C13H24N2O5/c1-8(16)11(9(2)17)15-10(18)6-7-14-12(19)20-13(3,4)5/h8,11,16H,6-7H2,1-5H3,(H,14,19)(H,15,18)/t8-,11?/m1/s1. The van der Waals surface area contributed by atoms with Crippen LogP contribution in [0.3, 0.4) is 0 Å². The van der Waals surface area contributed by atoms with E-state index in [0.29, 0.717) is 0 Å². The third kappa shape index (κ3) is 8.47. The van der Waals surface area contributed by atoms with E-state index in [9.17, 15) is 19.5 Å². The van der Waals surface area contributed by atoms with E-state index in [1.807, 2.05) is 0 Å². The Morgan fingerprint density at radius 1 is 1.25 bits per heavy atom. The number of Topliss-reactive ketones (excluding diaryl/α,β-unsaturated/α-hetero) is 1. The van der Waals surface area contributed by atoms with Gasteiger partial charge in [-0.15, -0.1) is 0 Å². The molecule has 0 aromatic heterocycles. The van der Waals surface area contributed by atoms with Crippen molar-refractivity contribution in [1.29, 1.82) is 0 Å². The van der Waals surface area contributed by atoms with Crippen molar-refractivity contribution in [3.63, 3.8) is 0 Å². The van der Waals surface area contributed by atoms with E-state index in [4.69, 9.17) is 4.74 Å². The van der Waals surface area contributed by atoms with Crippen LogP contribution >= 0.6 is 0 Å². The summed E-state index contributed by atoms with van der Waals surface area (Å²) in [6.07, 6.45) is -1.57. The normalized spacial score (nSPS) is 14.1. The van der Waals surface area contributed by atoms with Crippen LogP contribution in [-0.2, 0) is 14.3 Å². The predicted octanol–water partition coefficient (Wildman–Crippen LogP) is 0.356. The van der Waals surface area contributed by atoms with Gasteiger partial charge in [0.1, 0.15) is 11.6 Å². The molecule has 1 unspecified atom stereocenters. The molecule has 116 valence electrons. The Labute approximate surface area is 119 Å². The minimum Gasteiger partial charge on any atom is -0.444 e. The lowest BCUT2D eigenvalue weighted by Crippen LogP contribution is -2.47. The molecule has 0 aromatic carbocycles. The number of carbonyl (C=O) groups excluding carboxylic acids is 3. The predicted molar refractivity (Wildman–Crippen MR) is 73.1 cm³/mol. The van der Waals surface area contributed by atoms with Crippen molar-refractivity contribution in [1.82, 2.24) is 10.6 Å². The van der Waals surface area contributed by atoms with E-state index in [1.54, 1.807) is 20.8 Å². The van der Waals surface area contributed by atoms with Crippen LogP contribution in [0.15, 0.2) is 0 Å². The van der Waals surface area contributed by atoms with Crippen LogP contribution < -0.4 is 10.6 Å². The molecule has 2 atom stereocenters. The van der Waals surface area contributed by atoms with Crippen molar-refractivity contribution in [3.8, 4) is 0 Å². The summed E-state index contributed by atoms with van der Waals surface area (Å²) in [5.41, 5.74) is -0.599. The molecule has 3 N–H and O–H groups in total. The minimum absolute atomic E-state index is 0.00422. The van der Waals surface area contributed by atoms with Crippen LogP contribution in [-0.4, -0.2) is 47.2 Å². The monoisotopic (exact) mass is 288 g/mol. The number of ether oxygens (including phenoxy) is 1. The summed E-state index contributed by atoms with van der Waals surface area (Å²) in [5, 5.41) is 14.2. The van der Waals surface area contributed by atoms with E-state index >= 15 is 0 Å². The number of hydrogen-bond acceptors (Lipinski definition) is 5. The zero-order chi connectivity index (χ0) is 15.9. The molecule has 0 aliphatic heterocycles. The van der Waals surface area contributed by atoms with Gasteiger partial charge in [-0.1, -0.05) is 0 Å². The first kappa shape index (κ1) is 18.4. The van der Waals surface area contributed by atoms with Gasteiger partial charge in [-0.3, -0.25) is 9.59 Å². The number of carbonyl (C=O) groups is 3. The van der Waals surface area contributed by atoms with Gasteiger partial charge < -0.3 is 20.5 Å². The molecule has 0 fully saturated rings. The van der Waals surface area contributed by atoms with E-state index in [1.165, 1.54) is 13.8 Å². The topological polar surface area (TPSA) is 105 Å². The Morgan fingerprint density at radius 2 is 1.80 bits per heavy atom. The Morgan fingerprint density at radius 3 is 2.20 bits per heavy atom.